The van der Waals surface area contributed by atoms with Crippen LogP contribution >= 0.6 is 11.6 Å². The first-order chi connectivity index (χ1) is 18.1. The Kier molecular flexibility index (Phi) is 8.19. The predicted molar refractivity (Wildman–Crippen MR) is 133 cm³/mol. The molecule has 0 saturated heterocycles. The number of ether oxygens (including phenoxy) is 3. The summed E-state index contributed by atoms with van der Waals surface area (Å²) in [5.41, 5.74) is -0.162. The second-order valence-electron chi connectivity index (χ2n) is 8.21. The van der Waals surface area contributed by atoms with Crippen molar-refractivity contribution in [3.05, 3.63) is 80.0 Å². The molecule has 14 heteroatoms. The van der Waals surface area contributed by atoms with Crippen molar-refractivity contribution in [2.45, 2.75) is 25.8 Å². The topological polar surface area (TPSA) is 107 Å². The molecule has 2 N–H and O–H groups in total. The maximum Gasteiger partial charge on any atom is 0.573 e. The van der Waals surface area contributed by atoms with Gasteiger partial charge in [0, 0.05) is 18.6 Å². The fraction of sp³-hybridized carbons (Fsp3) is 0.333. The third-order valence-electron chi connectivity index (χ3n) is 5.63. The summed E-state index contributed by atoms with van der Waals surface area (Å²) in [6.45, 7) is -0.256. The van der Waals surface area contributed by atoms with Crippen molar-refractivity contribution in [3.63, 3.8) is 0 Å². The number of aromatic nitrogens is 2. The van der Waals surface area contributed by atoms with Gasteiger partial charge in [0.2, 0.25) is 6.35 Å². The number of anilines is 2. The molecule has 1 aliphatic rings. The standard InChI is InChI=1S/C24H24ClF3N4O6/c1-30-20-19(21(34)31(10-11-33)23(30)35)32(14-15-2-4-16(25)5-3-15)22(29-20)37-13-12-36-17-6-8-18(9-7-17)38-24(26,27)28/h2-9,22,29,33H,10-14H2,1H3. The van der Waals surface area contributed by atoms with Crippen LogP contribution < -0.4 is 30.9 Å². The number of fused-ring (bicyclic) bond motifs is 1. The third-order valence-corrected chi connectivity index (χ3v) is 5.88. The van der Waals surface area contributed by atoms with Gasteiger partial charge in [-0.25, -0.2) is 4.79 Å². The van der Waals surface area contributed by atoms with Gasteiger partial charge in [-0.05, 0) is 42.0 Å². The van der Waals surface area contributed by atoms with Crippen molar-refractivity contribution in [2.24, 2.45) is 7.05 Å². The van der Waals surface area contributed by atoms with E-state index in [1.807, 2.05) is 0 Å². The minimum Gasteiger partial charge on any atom is -0.491 e. The number of halogens is 4. The summed E-state index contributed by atoms with van der Waals surface area (Å²) in [6.07, 6.45) is -5.64. The van der Waals surface area contributed by atoms with Gasteiger partial charge >= 0.3 is 12.1 Å². The first kappa shape index (κ1) is 27.4. The molecule has 0 spiro atoms. The van der Waals surface area contributed by atoms with Gasteiger partial charge in [-0.2, -0.15) is 0 Å². The van der Waals surface area contributed by atoms with Crippen molar-refractivity contribution in [2.75, 3.05) is 30.0 Å². The number of benzene rings is 2. The number of nitrogens with one attached hydrogen (secondary N) is 1. The van der Waals surface area contributed by atoms with Crippen molar-refractivity contribution >= 4 is 23.1 Å². The number of rotatable bonds is 10. The Balaban J connectivity index is 1.49. The molecular formula is C24H24ClF3N4O6. The van der Waals surface area contributed by atoms with Gasteiger partial charge in [0.05, 0.1) is 19.8 Å². The van der Waals surface area contributed by atoms with E-state index in [0.717, 1.165) is 22.3 Å². The van der Waals surface area contributed by atoms with E-state index in [0.29, 0.717) is 10.8 Å². The molecule has 0 saturated carbocycles. The van der Waals surface area contributed by atoms with Crippen LogP contribution in [0.25, 0.3) is 0 Å². The number of aliphatic hydroxyl groups is 1. The fourth-order valence-corrected chi connectivity index (χ4v) is 4.05. The molecule has 1 unspecified atom stereocenters. The lowest BCUT2D eigenvalue weighted by molar-refractivity contribution is -0.274. The van der Waals surface area contributed by atoms with Gasteiger partial charge < -0.3 is 29.5 Å². The van der Waals surface area contributed by atoms with Gasteiger partial charge in [0.25, 0.3) is 5.56 Å². The van der Waals surface area contributed by atoms with Gasteiger partial charge in [0.1, 0.15) is 29.6 Å². The van der Waals surface area contributed by atoms with Crippen LogP contribution in [0.5, 0.6) is 11.5 Å². The van der Waals surface area contributed by atoms with Crippen molar-refractivity contribution in [3.8, 4) is 11.5 Å². The number of alkyl halides is 3. The van der Waals surface area contributed by atoms with E-state index >= 15 is 0 Å². The third kappa shape index (κ3) is 6.23. The quantitative estimate of drug-likeness (QED) is 0.367. The molecule has 1 aromatic heterocycles. The van der Waals surface area contributed by atoms with Crippen molar-refractivity contribution < 1.29 is 32.5 Å². The number of hydrogen-bond acceptors (Lipinski definition) is 8. The van der Waals surface area contributed by atoms with E-state index in [1.54, 1.807) is 29.2 Å². The maximum atomic E-state index is 13.2. The zero-order chi connectivity index (χ0) is 27.4. The summed E-state index contributed by atoms with van der Waals surface area (Å²) in [7, 11) is 1.50. The van der Waals surface area contributed by atoms with Crippen LogP contribution in [0.4, 0.5) is 24.7 Å². The first-order valence-corrected chi connectivity index (χ1v) is 11.8. The second kappa shape index (κ2) is 11.4. The lowest BCUT2D eigenvalue weighted by Gasteiger charge is -2.26. The van der Waals surface area contributed by atoms with Gasteiger partial charge in [-0.1, -0.05) is 23.7 Å². The van der Waals surface area contributed by atoms with Gasteiger partial charge in [-0.15, -0.1) is 13.2 Å². The monoisotopic (exact) mass is 556 g/mol. The van der Waals surface area contributed by atoms with E-state index in [-0.39, 0.29) is 50.2 Å². The average Bonchev–Trinajstić information content (AvgIpc) is 3.23. The lowest BCUT2D eigenvalue weighted by atomic mass is 10.2. The largest absolute Gasteiger partial charge is 0.573 e. The van der Waals surface area contributed by atoms with Crippen molar-refractivity contribution in [1.29, 1.82) is 0 Å². The molecule has 3 aromatic rings. The Labute approximate surface area is 219 Å². The zero-order valence-corrected chi connectivity index (χ0v) is 20.8. The Morgan fingerprint density at radius 2 is 1.68 bits per heavy atom. The van der Waals surface area contributed by atoms with E-state index in [2.05, 4.69) is 10.1 Å². The zero-order valence-electron chi connectivity index (χ0n) is 20.1. The van der Waals surface area contributed by atoms with Crippen LogP contribution in [-0.4, -0.2) is 46.8 Å². The highest BCUT2D eigenvalue weighted by atomic mass is 35.5. The van der Waals surface area contributed by atoms with Crippen LogP contribution in [0.1, 0.15) is 5.56 Å². The first-order valence-electron chi connectivity index (χ1n) is 11.4. The predicted octanol–water partition coefficient (Wildman–Crippen LogP) is 2.90. The lowest BCUT2D eigenvalue weighted by Crippen LogP contribution is -2.43. The molecule has 2 heterocycles. The molecule has 38 heavy (non-hydrogen) atoms. The van der Waals surface area contributed by atoms with Gasteiger partial charge in [-0.3, -0.25) is 13.9 Å². The average molecular weight is 557 g/mol. The SMILES string of the molecule is Cn1c2c(c(=O)n(CCO)c1=O)N(Cc1ccc(Cl)cc1)C(OCCOc1ccc(OC(F)(F)F)cc1)N2. The van der Waals surface area contributed by atoms with Gasteiger partial charge in [0.15, 0.2) is 0 Å². The molecular weight excluding hydrogens is 533 g/mol. The molecule has 0 radical (unpaired) electrons. The molecule has 0 bridgehead atoms. The van der Waals surface area contributed by atoms with Crippen LogP contribution in [0.3, 0.4) is 0 Å². The summed E-state index contributed by atoms with van der Waals surface area (Å²) < 4.78 is 54.5. The molecule has 0 aliphatic carbocycles. The highest BCUT2D eigenvalue weighted by Crippen LogP contribution is 2.32. The minimum atomic E-state index is -4.79. The smallest absolute Gasteiger partial charge is 0.491 e. The Morgan fingerprint density at radius 1 is 1.03 bits per heavy atom. The fourth-order valence-electron chi connectivity index (χ4n) is 3.92. The Hall–Kier alpha value is -3.68. The molecule has 204 valence electrons. The number of aliphatic hydroxyl groups excluding tert-OH is 1. The summed E-state index contributed by atoms with van der Waals surface area (Å²) in [6, 6.07) is 11.9. The van der Waals surface area contributed by atoms with E-state index in [9.17, 15) is 27.9 Å². The molecule has 0 amide bonds. The molecule has 4 rings (SSSR count). The number of hydrogen-bond donors (Lipinski definition) is 2. The van der Waals surface area contributed by atoms with Crippen LogP contribution in [0.15, 0.2) is 58.1 Å². The molecule has 1 atom stereocenters. The summed E-state index contributed by atoms with van der Waals surface area (Å²) in [4.78, 5) is 27.6. The Bertz CT molecular complexity index is 1380. The number of nitrogens with zero attached hydrogens (tertiary/aromatic N) is 3. The van der Waals surface area contributed by atoms with E-state index in [4.69, 9.17) is 21.1 Å². The summed E-state index contributed by atoms with van der Waals surface area (Å²) in [5, 5.41) is 12.9. The van der Waals surface area contributed by atoms with Crippen LogP contribution in [0, 0.1) is 0 Å². The molecule has 1 aliphatic heterocycles. The molecule has 2 aromatic carbocycles. The normalized spacial score (nSPS) is 14.8. The highest BCUT2D eigenvalue weighted by molar-refractivity contribution is 6.30. The van der Waals surface area contributed by atoms with Crippen LogP contribution in [-0.2, 0) is 24.9 Å². The van der Waals surface area contributed by atoms with E-state index in [1.165, 1.54) is 23.7 Å². The molecule has 10 nitrogen and oxygen atoms in total. The molecule has 0 fully saturated rings. The minimum absolute atomic E-state index is 0.0301. The highest BCUT2D eigenvalue weighted by Gasteiger charge is 2.35. The van der Waals surface area contributed by atoms with Crippen molar-refractivity contribution in [1.82, 2.24) is 9.13 Å². The second-order valence-corrected chi connectivity index (χ2v) is 8.65. The Morgan fingerprint density at radius 3 is 2.32 bits per heavy atom. The van der Waals surface area contributed by atoms with Crippen LogP contribution in [0.2, 0.25) is 5.02 Å². The maximum absolute atomic E-state index is 13.2. The summed E-state index contributed by atoms with van der Waals surface area (Å²) in [5.74, 6) is 0.191. The van der Waals surface area contributed by atoms with E-state index < -0.39 is 24.0 Å². The summed E-state index contributed by atoms with van der Waals surface area (Å²) >= 11 is 5.99.